The van der Waals surface area contributed by atoms with Crippen molar-refractivity contribution in [3.8, 4) is 11.5 Å². The fraction of sp³-hybridized carbons (Fsp3) is 0.154. The molecule has 0 radical (unpaired) electrons. The van der Waals surface area contributed by atoms with Crippen LogP contribution in [0.1, 0.15) is 5.69 Å². The second-order valence-electron chi connectivity index (χ2n) is 4.68. The first-order chi connectivity index (χ1) is 11.4. The van der Waals surface area contributed by atoms with Gasteiger partial charge < -0.3 is 4.74 Å². The SMILES string of the molecule is Cc1ccc(Oc2ccc(S(=O)(=O)C(F)(F)F)cc2[N+](=O)[O-])c(Br)n1. The summed E-state index contributed by atoms with van der Waals surface area (Å²) in [5, 5.41) is 11.1. The van der Waals surface area contributed by atoms with E-state index in [-0.39, 0.29) is 10.4 Å². The minimum atomic E-state index is -5.72. The topological polar surface area (TPSA) is 99.4 Å². The van der Waals surface area contributed by atoms with Crippen molar-refractivity contribution in [1.29, 1.82) is 0 Å². The van der Waals surface area contributed by atoms with E-state index < -0.39 is 36.6 Å². The summed E-state index contributed by atoms with van der Waals surface area (Å²) in [6, 6.07) is 4.66. The zero-order chi connectivity index (χ0) is 19.0. The van der Waals surface area contributed by atoms with Gasteiger partial charge in [0, 0.05) is 11.8 Å². The number of nitrogens with zero attached hydrogens (tertiary/aromatic N) is 2. The lowest BCUT2D eigenvalue weighted by molar-refractivity contribution is -0.385. The largest absolute Gasteiger partial charge is 0.501 e. The van der Waals surface area contributed by atoms with Gasteiger partial charge in [-0.3, -0.25) is 10.1 Å². The van der Waals surface area contributed by atoms with Crippen molar-refractivity contribution < 1.29 is 31.2 Å². The van der Waals surface area contributed by atoms with E-state index >= 15 is 0 Å². The van der Waals surface area contributed by atoms with Crippen LogP contribution in [0.3, 0.4) is 0 Å². The van der Waals surface area contributed by atoms with Gasteiger partial charge >= 0.3 is 11.2 Å². The summed E-state index contributed by atoms with van der Waals surface area (Å²) >= 11 is 3.09. The van der Waals surface area contributed by atoms with E-state index in [9.17, 15) is 31.7 Å². The molecule has 0 aliphatic heterocycles. The number of halogens is 4. The Morgan fingerprint density at radius 2 is 1.80 bits per heavy atom. The molecule has 2 rings (SSSR count). The zero-order valence-corrected chi connectivity index (χ0v) is 14.6. The maximum atomic E-state index is 12.6. The lowest BCUT2D eigenvalue weighted by Crippen LogP contribution is -2.23. The molecule has 0 amide bonds. The smallest absolute Gasteiger partial charge is 0.447 e. The predicted octanol–water partition coefficient (Wildman–Crippen LogP) is 4.15. The van der Waals surface area contributed by atoms with Gasteiger partial charge in [-0.05, 0) is 47.1 Å². The monoisotopic (exact) mass is 440 g/mol. The van der Waals surface area contributed by atoms with Crippen molar-refractivity contribution >= 4 is 31.5 Å². The Labute approximate surface area is 147 Å². The number of ether oxygens (including phenoxy) is 1. The van der Waals surface area contributed by atoms with Crippen molar-refractivity contribution in [2.24, 2.45) is 0 Å². The summed E-state index contributed by atoms with van der Waals surface area (Å²) in [4.78, 5) is 12.8. The summed E-state index contributed by atoms with van der Waals surface area (Å²) in [6.45, 7) is 1.69. The Balaban J connectivity index is 2.52. The van der Waals surface area contributed by atoms with Crippen molar-refractivity contribution in [2.75, 3.05) is 0 Å². The Hall–Kier alpha value is -2.21. The van der Waals surface area contributed by atoms with Crippen LogP contribution in [0.4, 0.5) is 18.9 Å². The number of hydrogen-bond donors (Lipinski definition) is 0. The highest BCUT2D eigenvalue weighted by atomic mass is 79.9. The molecule has 0 atom stereocenters. The third kappa shape index (κ3) is 3.90. The Morgan fingerprint density at radius 1 is 1.20 bits per heavy atom. The number of alkyl halides is 3. The van der Waals surface area contributed by atoms with Gasteiger partial charge in [-0.15, -0.1) is 0 Å². The molecular weight excluding hydrogens is 433 g/mol. The summed E-state index contributed by atoms with van der Waals surface area (Å²) in [6.07, 6.45) is 0. The molecule has 2 aromatic rings. The van der Waals surface area contributed by atoms with Gasteiger partial charge in [0.15, 0.2) is 5.75 Å². The highest BCUT2D eigenvalue weighted by Gasteiger charge is 2.47. The lowest BCUT2D eigenvalue weighted by Gasteiger charge is -2.11. The number of nitro groups is 1. The Bertz CT molecular complexity index is 947. The van der Waals surface area contributed by atoms with Gasteiger partial charge in [0.2, 0.25) is 5.75 Å². The molecule has 1 aromatic carbocycles. The fourth-order valence-electron chi connectivity index (χ4n) is 1.73. The number of nitro benzene ring substituents is 1. The summed E-state index contributed by atoms with van der Waals surface area (Å²) in [7, 11) is -5.72. The number of aryl methyl sites for hydroxylation is 1. The molecule has 0 fully saturated rings. The zero-order valence-electron chi connectivity index (χ0n) is 12.2. The van der Waals surface area contributed by atoms with E-state index in [0.29, 0.717) is 17.8 Å². The molecule has 7 nitrogen and oxygen atoms in total. The highest BCUT2D eigenvalue weighted by Crippen LogP contribution is 2.38. The average Bonchev–Trinajstić information content (AvgIpc) is 2.48. The minimum absolute atomic E-state index is 0.0696. The summed E-state index contributed by atoms with van der Waals surface area (Å²) in [5.41, 5.74) is -5.88. The van der Waals surface area contributed by atoms with Crippen LogP contribution in [-0.4, -0.2) is 23.8 Å². The van der Waals surface area contributed by atoms with Crippen molar-refractivity contribution in [3.05, 3.63) is 50.7 Å². The standard InChI is InChI=1S/C13H8BrF3N2O5S/c1-7-2-4-11(12(14)18-7)24-10-5-3-8(6-9(10)19(20)21)25(22,23)13(15,16)17/h2-6H,1H3. The molecule has 0 aliphatic rings. The van der Waals surface area contributed by atoms with E-state index in [2.05, 4.69) is 20.9 Å². The number of benzene rings is 1. The van der Waals surface area contributed by atoms with Gasteiger partial charge in [-0.2, -0.15) is 13.2 Å². The number of rotatable bonds is 4. The van der Waals surface area contributed by atoms with Crippen LogP contribution < -0.4 is 4.74 Å². The van der Waals surface area contributed by atoms with Crippen LogP contribution in [-0.2, 0) is 9.84 Å². The fourth-order valence-corrected chi connectivity index (χ4v) is 3.01. The lowest BCUT2D eigenvalue weighted by atomic mass is 10.3. The van der Waals surface area contributed by atoms with E-state index in [0.717, 1.165) is 6.07 Å². The molecule has 0 unspecified atom stereocenters. The summed E-state index contributed by atoms with van der Waals surface area (Å²) < 4.78 is 66.0. The molecule has 0 saturated heterocycles. The van der Waals surface area contributed by atoms with Crippen LogP contribution in [0.25, 0.3) is 0 Å². The molecule has 1 aromatic heterocycles. The van der Waals surface area contributed by atoms with E-state index in [4.69, 9.17) is 4.74 Å². The normalized spacial score (nSPS) is 12.0. The molecule has 0 bridgehead atoms. The molecular formula is C13H8BrF3N2O5S. The average molecular weight is 441 g/mol. The van der Waals surface area contributed by atoms with Crippen LogP contribution in [0.2, 0.25) is 0 Å². The number of hydrogen-bond acceptors (Lipinski definition) is 6. The summed E-state index contributed by atoms with van der Waals surface area (Å²) in [5.74, 6) is -0.363. The molecule has 0 saturated carbocycles. The number of pyridine rings is 1. The van der Waals surface area contributed by atoms with Crippen LogP contribution in [0, 0.1) is 17.0 Å². The number of aromatic nitrogens is 1. The van der Waals surface area contributed by atoms with Gasteiger partial charge in [0.05, 0.1) is 9.82 Å². The molecule has 0 spiro atoms. The van der Waals surface area contributed by atoms with Gasteiger partial charge in [0.1, 0.15) is 4.60 Å². The Kier molecular flexibility index (Phi) is 5.04. The van der Waals surface area contributed by atoms with E-state index in [1.54, 1.807) is 13.0 Å². The van der Waals surface area contributed by atoms with Crippen molar-refractivity contribution in [2.45, 2.75) is 17.3 Å². The van der Waals surface area contributed by atoms with Gasteiger partial charge in [-0.1, -0.05) is 0 Å². The molecule has 0 aliphatic carbocycles. The molecule has 1 heterocycles. The van der Waals surface area contributed by atoms with E-state index in [1.807, 2.05) is 0 Å². The third-order valence-corrected chi connectivity index (χ3v) is 4.97. The maximum Gasteiger partial charge on any atom is 0.501 e. The minimum Gasteiger partial charge on any atom is -0.447 e. The highest BCUT2D eigenvalue weighted by molar-refractivity contribution is 9.10. The van der Waals surface area contributed by atoms with Crippen molar-refractivity contribution in [1.82, 2.24) is 4.98 Å². The van der Waals surface area contributed by atoms with Crippen LogP contribution in [0.5, 0.6) is 11.5 Å². The van der Waals surface area contributed by atoms with Gasteiger partial charge in [-0.25, -0.2) is 13.4 Å². The van der Waals surface area contributed by atoms with E-state index in [1.165, 1.54) is 6.07 Å². The first kappa shape index (κ1) is 19.1. The second-order valence-corrected chi connectivity index (χ2v) is 7.37. The maximum absolute atomic E-state index is 12.6. The first-order valence-electron chi connectivity index (χ1n) is 6.34. The predicted molar refractivity (Wildman–Crippen MR) is 83.1 cm³/mol. The molecule has 134 valence electrons. The first-order valence-corrected chi connectivity index (χ1v) is 8.62. The Morgan fingerprint density at radius 3 is 2.32 bits per heavy atom. The molecule has 25 heavy (non-hydrogen) atoms. The van der Waals surface area contributed by atoms with Crippen molar-refractivity contribution in [3.63, 3.8) is 0 Å². The quantitative estimate of drug-likeness (QED) is 0.402. The third-order valence-electron chi connectivity index (χ3n) is 2.92. The number of sulfone groups is 1. The second kappa shape index (κ2) is 6.59. The molecule has 12 heteroatoms. The van der Waals surface area contributed by atoms with Gasteiger partial charge in [0.25, 0.3) is 9.84 Å². The molecule has 0 N–H and O–H groups in total. The van der Waals surface area contributed by atoms with Crippen LogP contribution >= 0.6 is 15.9 Å². The van der Waals surface area contributed by atoms with Crippen LogP contribution in [0.15, 0.2) is 39.8 Å².